The predicted octanol–water partition coefficient (Wildman–Crippen LogP) is 2.27. The van der Waals surface area contributed by atoms with E-state index in [1.165, 1.54) is 0 Å². The molecule has 1 atom stereocenters. The van der Waals surface area contributed by atoms with Gasteiger partial charge in [-0.15, -0.1) is 0 Å². The molecule has 2 rings (SSSR count). The highest BCUT2D eigenvalue weighted by Gasteiger charge is 2.31. The van der Waals surface area contributed by atoms with Crippen molar-refractivity contribution >= 4 is 23.2 Å². The molecule has 0 radical (unpaired) electrons. The van der Waals surface area contributed by atoms with Crippen LogP contribution in [0.1, 0.15) is 17.5 Å². The Bertz CT molecular complexity index is 436. The Morgan fingerprint density at radius 1 is 1.41 bits per heavy atom. The van der Waals surface area contributed by atoms with Crippen LogP contribution in [0.2, 0.25) is 5.02 Å². The Hall–Kier alpha value is -1.06. The van der Waals surface area contributed by atoms with Gasteiger partial charge in [-0.05, 0) is 49.6 Å². The van der Waals surface area contributed by atoms with E-state index in [9.17, 15) is 4.79 Å². The van der Waals surface area contributed by atoms with Crippen molar-refractivity contribution in [3.8, 4) is 0 Å². The zero-order chi connectivity index (χ0) is 12.6. The molecule has 1 unspecified atom stereocenters. The van der Waals surface area contributed by atoms with Crippen LogP contribution >= 0.6 is 11.6 Å². The number of nitrogens with zero attached hydrogens (tertiary/aromatic N) is 1. The van der Waals surface area contributed by atoms with Crippen LogP contribution in [0.5, 0.6) is 0 Å². The molecule has 1 fully saturated rings. The van der Waals surface area contributed by atoms with Gasteiger partial charge in [0.15, 0.2) is 0 Å². The average Bonchev–Trinajstić information content (AvgIpc) is 2.59. The number of hydrogen-bond donors (Lipinski definition) is 1. The van der Waals surface area contributed by atoms with E-state index in [1.807, 2.05) is 30.9 Å². The number of carbonyl (C=O) groups is 1. The van der Waals surface area contributed by atoms with Crippen LogP contribution in [0.15, 0.2) is 12.1 Å². The zero-order valence-corrected chi connectivity index (χ0v) is 10.9. The maximum atomic E-state index is 12.0. The molecule has 3 nitrogen and oxygen atoms in total. The summed E-state index contributed by atoms with van der Waals surface area (Å²) in [7, 11) is 0. The Morgan fingerprint density at radius 3 is 2.47 bits per heavy atom. The number of amides is 1. The highest BCUT2D eigenvalue weighted by Crippen LogP contribution is 2.32. The third-order valence-electron chi connectivity index (χ3n) is 3.26. The quantitative estimate of drug-likeness (QED) is 0.878. The van der Waals surface area contributed by atoms with Gasteiger partial charge in [0, 0.05) is 23.7 Å². The summed E-state index contributed by atoms with van der Waals surface area (Å²) in [6, 6.07) is 3.79. The molecule has 1 saturated heterocycles. The molecule has 0 aliphatic carbocycles. The Balaban J connectivity index is 2.38. The molecule has 1 aliphatic rings. The summed E-state index contributed by atoms with van der Waals surface area (Å²) >= 11 is 6.00. The third kappa shape index (κ3) is 2.31. The fourth-order valence-electron chi connectivity index (χ4n) is 2.48. The van der Waals surface area contributed by atoms with Crippen LogP contribution in [0.25, 0.3) is 0 Å². The van der Waals surface area contributed by atoms with Gasteiger partial charge in [-0.1, -0.05) is 11.6 Å². The number of halogens is 1. The van der Waals surface area contributed by atoms with Crippen molar-refractivity contribution in [1.29, 1.82) is 0 Å². The Kier molecular flexibility index (Phi) is 3.40. The molecule has 2 N–H and O–H groups in total. The second kappa shape index (κ2) is 4.67. The van der Waals surface area contributed by atoms with Gasteiger partial charge in [0.1, 0.15) is 0 Å². The van der Waals surface area contributed by atoms with E-state index in [0.29, 0.717) is 18.0 Å². The lowest BCUT2D eigenvalue weighted by atomic mass is 10.1. The molecule has 0 aromatic heterocycles. The second-order valence-corrected chi connectivity index (χ2v) is 5.13. The lowest BCUT2D eigenvalue weighted by molar-refractivity contribution is -0.117. The lowest BCUT2D eigenvalue weighted by Crippen LogP contribution is -2.27. The Labute approximate surface area is 107 Å². The minimum Gasteiger partial charge on any atom is -0.330 e. The molecule has 92 valence electrons. The molecule has 1 amide bonds. The van der Waals surface area contributed by atoms with Crippen molar-refractivity contribution in [1.82, 2.24) is 0 Å². The van der Waals surface area contributed by atoms with Gasteiger partial charge >= 0.3 is 0 Å². The van der Waals surface area contributed by atoms with Crippen molar-refractivity contribution in [2.45, 2.75) is 20.3 Å². The van der Waals surface area contributed by atoms with E-state index in [1.54, 1.807) is 0 Å². The SMILES string of the molecule is Cc1cc(Cl)cc(C)c1N1CC(CN)CC1=O. The standard InChI is InChI=1S/C13H17ClN2O/c1-8-3-11(14)4-9(2)13(8)16-7-10(6-15)5-12(16)17/h3-4,10H,5-7,15H2,1-2H3. The smallest absolute Gasteiger partial charge is 0.227 e. The van der Waals surface area contributed by atoms with Crippen LogP contribution in [-0.4, -0.2) is 19.0 Å². The summed E-state index contributed by atoms with van der Waals surface area (Å²) in [6.07, 6.45) is 0.554. The molecule has 1 aliphatic heterocycles. The molecule has 17 heavy (non-hydrogen) atoms. The summed E-state index contributed by atoms with van der Waals surface area (Å²) in [5.41, 5.74) is 8.72. The van der Waals surface area contributed by atoms with E-state index < -0.39 is 0 Å². The summed E-state index contributed by atoms with van der Waals surface area (Å²) < 4.78 is 0. The first kappa shape index (κ1) is 12.4. The predicted molar refractivity (Wildman–Crippen MR) is 70.4 cm³/mol. The first-order chi connectivity index (χ1) is 8.02. The highest BCUT2D eigenvalue weighted by molar-refractivity contribution is 6.30. The summed E-state index contributed by atoms with van der Waals surface area (Å²) in [6.45, 7) is 5.25. The summed E-state index contributed by atoms with van der Waals surface area (Å²) in [5.74, 6) is 0.436. The number of carbonyl (C=O) groups excluding carboxylic acids is 1. The van der Waals surface area contributed by atoms with Gasteiger partial charge in [-0.2, -0.15) is 0 Å². The maximum Gasteiger partial charge on any atom is 0.227 e. The van der Waals surface area contributed by atoms with Gasteiger partial charge in [0.2, 0.25) is 5.91 Å². The van der Waals surface area contributed by atoms with Crippen molar-refractivity contribution < 1.29 is 4.79 Å². The molecule has 0 bridgehead atoms. The first-order valence-electron chi connectivity index (χ1n) is 5.80. The number of aryl methyl sites for hydroxylation is 2. The van der Waals surface area contributed by atoms with E-state index in [4.69, 9.17) is 17.3 Å². The van der Waals surface area contributed by atoms with Gasteiger partial charge < -0.3 is 10.6 Å². The number of anilines is 1. The lowest BCUT2D eigenvalue weighted by Gasteiger charge is -2.21. The Morgan fingerprint density at radius 2 is 2.00 bits per heavy atom. The van der Waals surface area contributed by atoms with Crippen molar-refractivity contribution in [2.75, 3.05) is 18.0 Å². The summed E-state index contributed by atoms with van der Waals surface area (Å²) in [5, 5.41) is 0.714. The number of benzene rings is 1. The van der Waals surface area contributed by atoms with E-state index >= 15 is 0 Å². The largest absolute Gasteiger partial charge is 0.330 e. The minimum atomic E-state index is 0.161. The van der Waals surface area contributed by atoms with Crippen LogP contribution in [0.3, 0.4) is 0 Å². The maximum absolute atomic E-state index is 12.0. The number of hydrogen-bond acceptors (Lipinski definition) is 2. The second-order valence-electron chi connectivity index (χ2n) is 4.70. The van der Waals surface area contributed by atoms with Crippen molar-refractivity contribution in [3.05, 3.63) is 28.3 Å². The summed E-state index contributed by atoms with van der Waals surface area (Å²) in [4.78, 5) is 13.8. The van der Waals surface area contributed by atoms with Crippen molar-refractivity contribution in [3.63, 3.8) is 0 Å². The van der Waals surface area contributed by atoms with Gasteiger partial charge in [-0.3, -0.25) is 4.79 Å². The molecular formula is C13H17ClN2O. The molecule has 0 saturated carbocycles. The fourth-order valence-corrected chi connectivity index (χ4v) is 2.81. The molecule has 1 heterocycles. The van der Waals surface area contributed by atoms with Crippen LogP contribution in [0, 0.1) is 19.8 Å². The third-order valence-corrected chi connectivity index (χ3v) is 3.48. The molecule has 1 aromatic carbocycles. The van der Waals surface area contributed by atoms with E-state index in [2.05, 4.69) is 0 Å². The normalized spacial score (nSPS) is 20.1. The van der Waals surface area contributed by atoms with E-state index in [0.717, 1.165) is 23.4 Å². The van der Waals surface area contributed by atoms with Crippen molar-refractivity contribution in [2.24, 2.45) is 11.7 Å². The van der Waals surface area contributed by atoms with Gasteiger partial charge in [0.05, 0.1) is 0 Å². The monoisotopic (exact) mass is 252 g/mol. The van der Waals surface area contributed by atoms with Crippen LogP contribution in [0.4, 0.5) is 5.69 Å². The molecule has 1 aromatic rings. The molecule has 4 heteroatoms. The minimum absolute atomic E-state index is 0.161. The fraction of sp³-hybridized carbons (Fsp3) is 0.462. The first-order valence-corrected chi connectivity index (χ1v) is 6.18. The number of rotatable bonds is 2. The van der Waals surface area contributed by atoms with Crippen LogP contribution in [-0.2, 0) is 4.79 Å². The molecular weight excluding hydrogens is 236 g/mol. The topological polar surface area (TPSA) is 46.3 Å². The molecule has 0 spiro atoms. The van der Waals surface area contributed by atoms with E-state index in [-0.39, 0.29) is 11.8 Å². The van der Waals surface area contributed by atoms with Gasteiger partial charge in [0.25, 0.3) is 0 Å². The highest BCUT2D eigenvalue weighted by atomic mass is 35.5. The van der Waals surface area contributed by atoms with Gasteiger partial charge in [-0.25, -0.2) is 0 Å². The zero-order valence-electron chi connectivity index (χ0n) is 10.2. The van der Waals surface area contributed by atoms with Crippen LogP contribution < -0.4 is 10.6 Å². The average molecular weight is 253 g/mol. The number of nitrogens with two attached hydrogens (primary N) is 1.